The van der Waals surface area contributed by atoms with Crippen LogP contribution in [0.15, 0.2) is 42.5 Å². The van der Waals surface area contributed by atoms with Crippen molar-refractivity contribution in [2.24, 2.45) is 0 Å². The Morgan fingerprint density at radius 3 is 2.76 bits per heavy atom. The Balaban J connectivity index is 1.51. The summed E-state index contributed by atoms with van der Waals surface area (Å²) in [6, 6.07) is 13.5. The fourth-order valence-electron chi connectivity index (χ4n) is 5.02. The summed E-state index contributed by atoms with van der Waals surface area (Å²) in [4.78, 5) is 30.7. The summed E-state index contributed by atoms with van der Waals surface area (Å²) in [5.41, 5.74) is 1.09. The van der Waals surface area contributed by atoms with Crippen LogP contribution in [0.3, 0.4) is 0 Å². The SMILES string of the molecule is Cc1ccc(Cl)c(OCC(=O)N2CCOC3(CCCCc4ccccc4OCCN(C(C)C)C3=O)C2)c1. The number of para-hydroxylation sites is 1. The number of carbonyl (C=O) groups excluding carboxylic acids is 2. The smallest absolute Gasteiger partial charge is 0.260 e. The van der Waals surface area contributed by atoms with Gasteiger partial charge in [-0.3, -0.25) is 9.59 Å². The van der Waals surface area contributed by atoms with Gasteiger partial charge in [0.2, 0.25) is 0 Å². The molecule has 2 aromatic rings. The molecule has 0 aliphatic carbocycles. The lowest BCUT2D eigenvalue weighted by atomic mass is 9.90. The lowest BCUT2D eigenvalue weighted by Gasteiger charge is -2.45. The lowest BCUT2D eigenvalue weighted by molar-refractivity contribution is -0.178. The van der Waals surface area contributed by atoms with Crippen molar-refractivity contribution in [2.45, 2.75) is 58.1 Å². The number of fused-ring (bicyclic) bond motifs is 1. The Morgan fingerprint density at radius 2 is 1.95 bits per heavy atom. The second-order valence-electron chi connectivity index (χ2n) is 10.1. The predicted octanol–water partition coefficient (Wildman–Crippen LogP) is 4.67. The number of halogens is 1. The molecular formula is C29H37ClN2O5. The van der Waals surface area contributed by atoms with Crippen LogP contribution in [0.4, 0.5) is 0 Å². The first-order chi connectivity index (χ1) is 17.8. The molecule has 4 rings (SSSR count). The van der Waals surface area contributed by atoms with Crippen molar-refractivity contribution in [1.29, 1.82) is 0 Å². The van der Waals surface area contributed by atoms with Gasteiger partial charge in [-0.15, -0.1) is 0 Å². The number of amides is 2. The maximum atomic E-state index is 14.0. The van der Waals surface area contributed by atoms with Gasteiger partial charge < -0.3 is 24.0 Å². The number of aryl methyl sites for hydroxylation is 2. The van der Waals surface area contributed by atoms with Gasteiger partial charge in [0.1, 0.15) is 18.1 Å². The highest BCUT2D eigenvalue weighted by Crippen LogP contribution is 2.31. The van der Waals surface area contributed by atoms with Gasteiger partial charge in [-0.1, -0.05) is 35.9 Å². The number of hydrogen-bond acceptors (Lipinski definition) is 5. The van der Waals surface area contributed by atoms with Gasteiger partial charge in [-0.25, -0.2) is 0 Å². The summed E-state index contributed by atoms with van der Waals surface area (Å²) in [5.74, 6) is 1.09. The normalized spacial score (nSPS) is 21.2. The quantitative estimate of drug-likeness (QED) is 0.577. The van der Waals surface area contributed by atoms with E-state index in [2.05, 4.69) is 6.07 Å². The molecule has 0 saturated carbocycles. The molecule has 0 radical (unpaired) electrons. The van der Waals surface area contributed by atoms with Crippen LogP contribution in [0.1, 0.15) is 44.2 Å². The number of rotatable bonds is 4. The minimum absolute atomic E-state index is 0.0346. The average Bonchev–Trinajstić information content (AvgIpc) is 2.89. The molecular weight excluding hydrogens is 492 g/mol. The molecule has 0 N–H and O–H groups in total. The van der Waals surface area contributed by atoms with E-state index in [-0.39, 0.29) is 31.0 Å². The van der Waals surface area contributed by atoms with Crippen molar-refractivity contribution in [3.63, 3.8) is 0 Å². The number of ether oxygens (including phenoxy) is 3. The average molecular weight is 529 g/mol. The molecule has 200 valence electrons. The molecule has 2 aliphatic heterocycles. The highest BCUT2D eigenvalue weighted by molar-refractivity contribution is 6.32. The topological polar surface area (TPSA) is 68.3 Å². The Kier molecular flexibility index (Phi) is 8.98. The number of hydrogen-bond donors (Lipinski definition) is 0. The molecule has 1 spiro atoms. The van der Waals surface area contributed by atoms with E-state index in [4.69, 9.17) is 25.8 Å². The van der Waals surface area contributed by atoms with E-state index in [1.807, 2.05) is 56.0 Å². The van der Waals surface area contributed by atoms with E-state index in [0.29, 0.717) is 43.5 Å². The monoisotopic (exact) mass is 528 g/mol. The summed E-state index contributed by atoms with van der Waals surface area (Å²) in [6.07, 6.45) is 3.10. The van der Waals surface area contributed by atoms with E-state index in [9.17, 15) is 9.59 Å². The van der Waals surface area contributed by atoms with Crippen molar-refractivity contribution in [2.75, 3.05) is 39.5 Å². The van der Waals surface area contributed by atoms with Crippen LogP contribution < -0.4 is 9.47 Å². The van der Waals surface area contributed by atoms with E-state index in [1.54, 1.807) is 11.0 Å². The summed E-state index contributed by atoms with van der Waals surface area (Å²) >= 11 is 6.24. The molecule has 2 aliphatic rings. The lowest BCUT2D eigenvalue weighted by Crippen LogP contribution is -2.63. The van der Waals surface area contributed by atoms with Crippen molar-refractivity contribution in [3.05, 3.63) is 58.6 Å². The molecule has 2 aromatic carbocycles. The Bertz CT molecular complexity index is 1110. The van der Waals surface area contributed by atoms with Crippen LogP contribution in [0.2, 0.25) is 5.02 Å². The van der Waals surface area contributed by atoms with E-state index in [1.165, 1.54) is 5.56 Å². The first-order valence-corrected chi connectivity index (χ1v) is 13.5. The summed E-state index contributed by atoms with van der Waals surface area (Å²) < 4.78 is 18.1. The number of morpholine rings is 1. The molecule has 7 nitrogen and oxygen atoms in total. The summed E-state index contributed by atoms with van der Waals surface area (Å²) in [7, 11) is 0. The minimum Gasteiger partial charge on any atom is -0.491 e. The number of nitrogens with zero attached hydrogens (tertiary/aromatic N) is 2. The number of carbonyl (C=O) groups is 2. The van der Waals surface area contributed by atoms with E-state index in [0.717, 1.165) is 30.6 Å². The van der Waals surface area contributed by atoms with Crippen LogP contribution in [0.5, 0.6) is 11.5 Å². The molecule has 1 atom stereocenters. The molecule has 1 unspecified atom stereocenters. The molecule has 8 heteroatoms. The fraction of sp³-hybridized carbons (Fsp3) is 0.517. The van der Waals surface area contributed by atoms with Crippen LogP contribution in [0.25, 0.3) is 0 Å². The molecule has 2 amide bonds. The number of benzene rings is 2. The van der Waals surface area contributed by atoms with Crippen LogP contribution >= 0.6 is 11.6 Å². The Hall–Kier alpha value is -2.77. The van der Waals surface area contributed by atoms with Crippen LogP contribution in [-0.4, -0.2) is 72.7 Å². The first kappa shape index (κ1) is 27.3. The van der Waals surface area contributed by atoms with Gasteiger partial charge in [-0.05, 0) is 75.8 Å². The Labute approximate surface area is 224 Å². The highest BCUT2D eigenvalue weighted by Gasteiger charge is 2.47. The van der Waals surface area contributed by atoms with Gasteiger partial charge >= 0.3 is 0 Å². The summed E-state index contributed by atoms with van der Waals surface area (Å²) in [6.45, 7) is 7.54. The van der Waals surface area contributed by atoms with Crippen molar-refractivity contribution >= 4 is 23.4 Å². The van der Waals surface area contributed by atoms with Gasteiger partial charge in [0.05, 0.1) is 24.7 Å². The second kappa shape index (κ2) is 12.2. The molecule has 0 bridgehead atoms. The van der Waals surface area contributed by atoms with Gasteiger partial charge in [0.25, 0.3) is 11.8 Å². The molecule has 0 aromatic heterocycles. The zero-order valence-electron chi connectivity index (χ0n) is 22.0. The van der Waals surface area contributed by atoms with Gasteiger partial charge in [0.15, 0.2) is 12.2 Å². The van der Waals surface area contributed by atoms with Gasteiger partial charge in [0, 0.05) is 12.6 Å². The molecule has 2 heterocycles. The predicted molar refractivity (Wildman–Crippen MR) is 143 cm³/mol. The minimum atomic E-state index is -1.09. The first-order valence-electron chi connectivity index (χ1n) is 13.1. The van der Waals surface area contributed by atoms with Crippen molar-refractivity contribution in [1.82, 2.24) is 9.80 Å². The van der Waals surface area contributed by atoms with Crippen molar-refractivity contribution < 1.29 is 23.8 Å². The maximum Gasteiger partial charge on any atom is 0.260 e. The fourth-order valence-corrected chi connectivity index (χ4v) is 5.20. The van der Waals surface area contributed by atoms with Crippen LogP contribution in [0, 0.1) is 6.92 Å². The third-order valence-electron chi connectivity index (χ3n) is 7.09. The zero-order chi connectivity index (χ0) is 26.4. The molecule has 1 fully saturated rings. The highest BCUT2D eigenvalue weighted by atomic mass is 35.5. The standard InChI is InChI=1S/C29H37ClN2O5/c1-21(2)32-15-16-35-25-10-5-4-8-23(25)9-6-7-13-29(28(32)34)20-31(14-17-37-29)27(33)19-36-26-18-22(3)11-12-24(26)30/h4-5,8,10-12,18,21H,6-7,9,13-17,19-20H2,1-3H3. The molecule has 1 saturated heterocycles. The van der Waals surface area contributed by atoms with Gasteiger partial charge in [-0.2, -0.15) is 0 Å². The maximum absolute atomic E-state index is 14.0. The molecule has 37 heavy (non-hydrogen) atoms. The zero-order valence-corrected chi connectivity index (χ0v) is 22.8. The van der Waals surface area contributed by atoms with Crippen LogP contribution in [-0.2, 0) is 20.7 Å². The van der Waals surface area contributed by atoms with Crippen molar-refractivity contribution in [3.8, 4) is 11.5 Å². The third-order valence-corrected chi connectivity index (χ3v) is 7.40. The summed E-state index contributed by atoms with van der Waals surface area (Å²) in [5, 5.41) is 0.461. The largest absolute Gasteiger partial charge is 0.491 e. The van der Waals surface area contributed by atoms with E-state index < -0.39 is 5.60 Å². The second-order valence-corrected chi connectivity index (χ2v) is 10.5. The third kappa shape index (κ3) is 6.57. The van der Waals surface area contributed by atoms with E-state index >= 15 is 0 Å². The Morgan fingerprint density at radius 1 is 1.14 bits per heavy atom.